The Morgan fingerprint density at radius 3 is 2.42 bits per heavy atom. The fourth-order valence-electron chi connectivity index (χ4n) is 2.70. The standard InChI is InChI=1S/C17H25N3O3.ClH/c1-12-3-5-13(6-4-12)16(18)17(22)19-14-7-9-20(10-8-14)15(21)11-23-2;/h3-6,14,16H,7-11,18H2,1-2H3,(H,19,22);1H. The third-order valence-electron chi connectivity index (χ3n) is 4.18. The third-order valence-corrected chi connectivity index (χ3v) is 4.18. The zero-order chi connectivity index (χ0) is 16.8. The summed E-state index contributed by atoms with van der Waals surface area (Å²) in [7, 11) is 1.51. The molecule has 0 saturated carbocycles. The number of nitrogens with zero attached hydrogens (tertiary/aromatic N) is 1. The predicted molar refractivity (Wildman–Crippen MR) is 95.0 cm³/mol. The third kappa shape index (κ3) is 5.47. The molecule has 1 aliphatic heterocycles. The summed E-state index contributed by atoms with van der Waals surface area (Å²) >= 11 is 0. The number of benzene rings is 1. The van der Waals surface area contributed by atoms with Crippen molar-refractivity contribution in [2.45, 2.75) is 31.8 Å². The first kappa shape index (κ1) is 20.4. The number of halogens is 1. The molecule has 24 heavy (non-hydrogen) atoms. The molecule has 1 aromatic rings. The second-order valence-electron chi connectivity index (χ2n) is 5.99. The van der Waals surface area contributed by atoms with Crippen LogP contribution in [0.4, 0.5) is 0 Å². The highest BCUT2D eigenvalue weighted by Gasteiger charge is 2.25. The number of aryl methyl sites for hydroxylation is 1. The highest BCUT2D eigenvalue weighted by molar-refractivity contribution is 5.85. The largest absolute Gasteiger partial charge is 0.375 e. The van der Waals surface area contributed by atoms with Gasteiger partial charge in [-0.25, -0.2) is 0 Å². The molecule has 3 N–H and O–H groups in total. The Labute approximate surface area is 149 Å². The molecule has 1 saturated heterocycles. The minimum absolute atomic E-state index is 0. The Hall–Kier alpha value is -1.63. The molecule has 1 aliphatic rings. The van der Waals surface area contributed by atoms with Crippen LogP contribution in [0, 0.1) is 6.92 Å². The summed E-state index contributed by atoms with van der Waals surface area (Å²) in [5.74, 6) is -0.177. The molecule has 2 amide bonds. The zero-order valence-corrected chi connectivity index (χ0v) is 15.0. The average molecular weight is 356 g/mol. The van der Waals surface area contributed by atoms with Crippen LogP contribution in [0.1, 0.15) is 30.0 Å². The average Bonchev–Trinajstić information content (AvgIpc) is 2.55. The molecule has 1 aromatic carbocycles. The van der Waals surface area contributed by atoms with E-state index in [0.717, 1.165) is 24.0 Å². The van der Waals surface area contributed by atoms with Gasteiger partial charge in [0, 0.05) is 26.2 Å². The Balaban J connectivity index is 0.00000288. The van der Waals surface area contributed by atoms with Crippen molar-refractivity contribution in [1.29, 1.82) is 0 Å². The molecule has 7 heteroatoms. The lowest BCUT2D eigenvalue weighted by Gasteiger charge is -2.32. The van der Waals surface area contributed by atoms with Crippen molar-refractivity contribution in [3.63, 3.8) is 0 Å². The van der Waals surface area contributed by atoms with Crippen molar-refractivity contribution in [3.8, 4) is 0 Å². The van der Waals surface area contributed by atoms with Crippen LogP contribution in [-0.4, -0.2) is 49.6 Å². The van der Waals surface area contributed by atoms with Crippen LogP contribution in [0.15, 0.2) is 24.3 Å². The second kappa shape index (κ2) is 9.61. The van der Waals surface area contributed by atoms with Gasteiger partial charge >= 0.3 is 0 Å². The molecular formula is C17H26ClN3O3. The second-order valence-corrected chi connectivity index (χ2v) is 5.99. The summed E-state index contributed by atoms with van der Waals surface area (Å²) in [5.41, 5.74) is 7.97. The van der Waals surface area contributed by atoms with Crippen molar-refractivity contribution >= 4 is 24.2 Å². The van der Waals surface area contributed by atoms with E-state index in [-0.39, 0.29) is 36.9 Å². The molecule has 134 valence electrons. The minimum atomic E-state index is -0.663. The lowest BCUT2D eigenvalue weighted by molar-refractivity contribution is -0.136. The number of rotatable bonds is 5. The lowest BCUT2D eigenvalue weighted by Crippen LogP contribution is -2.49. The number of likely N-dealkylation sites (tertiary alicyclic amines) is 1. The van der Waals surface area contributed by atoms with Gasteiger partial charge in [-0.05, 0) is 25.3 Å². The smallest absolute Gasteiger partial charge is 0.248 e. The van der Waals surface area contributed by atoms with Crippen molar-refractivity contribution in [2.24, 2.45) is 5.73 Å². The number of piperidine rings is 1. The number of ether oxygens (including phenoxy) is 1. The van der Waals surface area contributed by atoms with Crippen LogP contribution in [-0.2, 0) is 14.3 Å². The first-order valence-electron chi connectivity index (χ1n) is 7.90. The Kier molecular flexibility index (Phi) is 8.18. The molecule has 0 aromatic heterocycles. The van der Waals surface area contributed by atoms with E-state index in [0.29, 0.717) is 13.1 Å². The van der Waals surface area contributed by atoms with Crippen LogP contribution in [0.5, 0.6) is 0 Å². The van der Waals surface area contributed by atoms with Crippen molar-refractivity contribution in [2.75, 3.05) is 26.8 Å². The molecule has 0 aliphatic carbocycles. The van der Waals surface area contributed by atoms with Gasteiger partial charge in [-0.1, -0.05) is 29.8 Å². The molecule has 6 nitrogen and oxygen atoms in total. The molecule has 0 spiro atoms. The van der Waals surface area contributed by atoms with E-state index in [1.165, 1.54) is 7.11 Å². The normalized spacial score (nSPS) is 16.2. The van der Waals surface area contributed by atoms with Gasteiger partial charge < -0.3 is 20.7 Å². The van der Waals surface area contributed by atoms with Crippen molar-refractivity contribution < 1.29 is 14.3 Å². The van der Waals surface area contributed by atoms with E-state index in [2.05, 4.69) is 5.32 Å². The van der Waals surface area contributed by atoms with E-state index in [4.69, 9.17) is 10.5 Å². The van der Waals surface area contributed by atoms with Crippen LogP contribution in [0.3, 0.4) is 0 Å². The van der Waals surface area contributed by atoms with E-state index in [1.807, 2.05) is 31.2 Å². The van der Waals surface area contributed by atoms with Gasteiger partial charge in [0.1, 0.15) is 12.6 Å². The number of nitrogens with two attached hydrogens (primary N) is 1. The Morgan fingerprint density at radius 2 is 1.88 bits per heavy atom. The highest BCUT2D eigenvalue weighted by atomic mass is 35.5. The number of carbonyl (C=O) groups excluding carboxylic acids is 2. The fraction of sp³-hybridized carbons (Fsp3) is 0.529. The number of carbonyl (C=O) groups is 2. The number of hydrogen-bond acceptors (Lipinski definition) is 4. The van der Waals surface area contributed by atoms with Crippen LogP contribution >= 0.6 is 12.4 Å². The van der Waals surface area contributed by atoms with Crippen LogP contribution in [0.25, 0.3) is 0 Å². The Bertz CT molecular complexity index is 543. The van der Waals surface area contributed by atoms with E-state index in [9.17, 15) is 9.59 Å². The topological polar surface area (TPSA) is 84.7 Å². The monoisotopic (exact) mass is 355 g/mol. The summed E-state index contributed by atoms with van der Waals surface area (Å²) in [4.78, 5) is 25.8. The molecule has 0 bridgehead atoms. The van der Waals surface area contributed by atoms with Gasteiger partial charge in [-0.3, -0.25) is 9.59 Å². The van der Waals surface area contributed by atoms with Gasteiger partial charge in [0.05, 0.1) is 0 Å². The molecule has 1 atom stereocenters. The molecule has 0 radical (unpaired) electrons. The van der Waals surface area contributed by atoms with Gasteiger partial charge in [0.2, 0.25) is 11.8 Å². The number of hydrogen-bond donors (Lipinski definition) is 2. The van der Waals surface area contributed by atoms with Gasteiger partial charge in [0.25, 0.3) is 0 Å². The number of nitrogens with one attached hydrogen (secondary N) is 1. The maximum absolute atomic E-state index is 12.3. The van der Waals surface area contributed by atoms with Crippen molar-refractivity contribution in [1.82, 2.24) is 10.2 Å². The van der Waals surface area contributed by atoms with E-state index in [1.54, 1.807) is 4.90 Å². The number of amides is 2. The zero-order valence-electron chi connectivity index (χ0n) is 14.2. The first-order chi connectivity index (χ1) is 11.0. The maximum atomic E-state index is 12.3. The van der Waals surface area contributed by atoms with Crippen LogP contribution in [0.2, 0.25) is 0 Å². The van der Waals surface area contributed by atoms with E-state index < -0.39 is 6.04 Å². The first-order valence-corrected chi connectivity index (χ1v) is 7.90. The quantitative estimate of drug-likeness (QED) is 0.830. The fourth-order valence-corrected chi connectivity index (χ4v) is 2.70. The predicted octanol–water partition coefficient (Wildman–Crippen LogP) is 1.17. The molecular weight excluding hydrogens is 330 g/mol. The van der Waals surface area contributed by atoms with Gasteiger partial charge in [0.15, 0.2) is 0 Å². The summed E-state index contributed by atoms with van der Waals surface area (Å²) < 4.78 is 4.86. The van der Waals surface area contributed by atoms with Crippen LogP contribution < -0.4 is 11.1 Å². The molecule has 2 rings (SSSR count). The van der Waals surface area contributed by atoms with Gasteiger partial charge in [-0.2, -0.15) is 0 Å². The minimum Gasteiger partial charge on any atom is -0.375 e. The molecule has 1 unspecified atom stereocenters. The van der Waals surface area contributed by atoms with Crippen molar-refractivity contribution in [3.05, 3.63) is 35.4 Å². The van der Waals surface area contributed by atoms with Gasteiger partial charge in [-0.15, -0.1) is 12.4 Å². The Morgan fingerprint density at radius 1 is 1.29 bits per heavy atom. The number of methoxy groups -OCH3 is 1. The maximum Gasteiger partial charge on any atom is 0.248 e. The highest BCUT2D eigenvalue weighted by Crippen LogP contribution is 2.15. The summed E-state index contributed by atoms with van der Waals surface area (Å²) in [5, 5.41) is 2.99. The lowest BCUT2D eigenvalue weighted by atomic mass is 10.0. The summed E-state index contributed by atoms with van der Waals surface area (Å²) in [6.45, 7) is 3.36. The SMILES string of the molecule is COCC(=O)N1CCC(NC(=O)C(N)c2ccc(C)cc2)CC1.Cl. The summed E-state index contributed by atoms with van der Waals surface area (Å²) in [6, 6.07) is 7.05. The molecule has 1 heterocycles. The molecule has 1 fully saturated rings. The summed E-state index contributed by atoms with van der Waals surface area (Å²) in [6.07, 6.45) is 1.48. The van der Waals surface area contributed by atoms with E-state index >= 15 is 0 Å².